The second-order valence-corrected chi connectivity index (χ2v) is 6.49. The predicted molar refractivity (Wildman–Crippen MR) is 68.0 cm³/mol. The first kappa shape index (κ1) is 12.4. The standard InChI is InChI=1S/C10H11BrClNO2S/c11-8-3-7(16-9(8)12)5-13-2-1-6(4-13)10(14)15/h3,6H,1-2,4-5H2,(H,14,15). The monoisotopic (exact) mass is 323 g/mol. The molecule has 0 spiro atoms. The van der Waals surface area contributed by atoms with Crippen LogP contribution in [0.5, 0.6) is 0 Å². The number of rotatable bonds is 3. The predicted octanol–water partition coefficient (Wildman–Crippen LogP) is 3.07. The van der Waals surface area contributed by atoms with Crippen molar-refractivity contribution in [2.75, 3.05) is 13.1 Å². The van der Waals surface area contributed by atoms with Gasteiger partial charge in [0.15, 0.2) is 0 Å². The Labute approximate surface area is 111 Å². The zero-order chi connectivity index (χ0) is 11.7. The summed E-state index contributed by atoms with van der Waals surface area (Å²) < 4.78 is 1.67. The lowest BCUT2D eigenvalue weighted by Crippen LogP contribution is -2.22. The molecule has 0 radical (unpaired) electrons. The van der Waals surface area contributed by atoms with Crippen LogP contribution >= 0.6 is 38.9 Å². The number of carboxylic acids is 1. The summed E-state index contributed by atoms with van der Waals surface area (Å²) in [5.74, 6) is -0.897. The molecule has 1 saturated heterocycles. The summed E-state index contributed by atoms with van der Waals surface area (Å²) in [5, 5.41) is 8.89. The van der Waals surface area contributed by atoms with E-state index in [2.05, 4.69) is 20.8 Å². The Morgan fingerprint density at radius 3 is 3.00 bits per heavy atom. The fraction of sp³-hybridized carbons (Fsp3) is 0.500. The van der Waals surface area contributed by atoms with Crippen LogP contribution in [0, 0.1) is 5.92 Å². The molecule has 0 bridgehead atoms. The molecule has 3 nitrogen and oxygen atoms in total. The van der Waals surface area contributed by atoms with E-state index in [9.17, 15) is 4.79 Å². The highest BCUT2D eigenvalue weighted by molar-refractivity contribution is 9.10. The molecule has 1 aromatic heterocycles. The molecule has 6 heteroatoms. The van der Waals surface area contributed by atoms with Crippen molar-refractivity contribution in [3.63, 3.8) is 0 Å². The van der Waals surface area contributed by atoms with E-state index in [1.807, 2.05) is 6.07 Å². The molecule has 0 aromatic carbocycles. The Kier molecular flexibility index (Phi) is 3.89. The van der Waals surface area contributed by atoms with Gasteiger partial charge in [-0.1, -0.05) is 11.6 Å². The van der Waals surface area contributed by atoms with Gasteiger partial charge in [0.25, 0.3) is 0 Å². The highest BCUT2D eigenvalue weighted by Gasteiger charge is 2.28. The molecule has 0 saturated carbocycles. The molecular weight excluding hydrogens is 314 g/mol. The van der Waals surface area contributed by atoms with Crippen molar-refractivity contribution in [3.05, 3.63) is 19.8 Å². The molecule has 0 aliphatic carbocycles. The van der Waals surface area contributed by atoms with Crippen LogP contribution in [0.15, 0.2) is 10.5 Å². The number of hydrogen-bond donors (Lipinski definition) is 1. The van der Waals surface area contributed by atoms with E-state index in [-0.39, 0.29) is 5.92 Å². The number of aliphatic carboxylic acids is 1. The van der Waals surface area contributed by atoms with Crippen molar-refractivity contribution < 1.29 is 9.90 Å². The molecule has 1 aliphatic rings. The first-order valence-corrected chi connectivity index (χ1v) is 6.94. The largest absolute Gasteiger partial charge is 0.481 e. The van der Waals surface area contributed by atoms with E-state index in [1.165, 1.54) is 4.88 Å². The topological polar surface area (TPSA) is 40.5 Å². The van der Waals surface area contributed by atoms with Crippen molar-refractivity contribution in [1.29, 1.82) is 0 Å². The third-order valence-electron chi connectivity index (χ3n) is 2.70. The second-order valence-electron chi connectivity index (χ2n) is 3.89. The lowest BCUT2D eigenvalue weighted by molar-refractivity contribution is -0.141. The van der Waals surface area contributed by atoms with Crippen molar-refractivity contribution in [3.8, 4) is 0 Å². The highest BCUT2D eigenvalue weighted by Crippen LogP contribution is 2.33. The van der Waals surface area contributed by atoms with Gasteiger partial charge in [0.2, 0.25) is 0 Å². The van der Waals surface area contributed by atoms with Crippen LogP contribution < -0.4 is 0 Å². The van der Waals surface area contributed by atoms with Gasteiger partial charge < -0.3 is 5.11 Å². The average molecular weight is 325 g/mol. The minimum Gasteiger partial charge on any atom is -0.481 e. The van der Waals surface area contributed by atoms with Crippen LogP contribution in [0.2, 0.25) is 4.34 Å². The SMILES string of the molecule is O=C(O)C1CCN(Cc2cc(Br)c(Cl)s2)C1. The van der Waals surface area contributed by atoms with Gasteiger partial charge in [0.1, 0.15) is 4.34 Å². The van der Waals surface area contributed by atoms with Gasteiger partial charge in [0.05, 0.1) is 5.92 Å². The molecular formula is C10H11BrClNO2S. The third kappa shape index (κ3) is 2.77. The molecule has 2 rings (SSSR count). The molecule has 1 atom stereocenters. The van der Waals surface area contributed by atoms with Crippen LogP contribution in [0.3, 0.4) is 0 Å². The normalized spacial score (nSPS) is 21.5. The molecule has 2 heterocycles. The fourth-order valence-electron chi connectivity index (χ4n) is 1.87. The highest BCUT2D eigenvalue weighted by atomic mass is 79.9. The Morgan fingerprint density at radius 2 is 2.50 bits per heavy atom. The van der Waals surface area contributed by atoms with Crippen LogP contribution in [0.25, 0.3) is 0 Å². The van der Waals surface area contributed by atoms with Gasteiger partial charge in [-0.3, -0.25) is 9.69 Å². The summed E-state index contributed by atoms with van der Waals surface area (Å²) in [6.45, 7) is 2.28. The minimum atomic E-state index is -0.687. The van der Waals surface area contributed by atoms with Gasteiger partial charge in [0, 0.05) is 22.4 Å². The van der Waals surface area contributed by atoms with Crippen LogP contribution in [-0.2, 0) is 11.3 Å². The average Bonchev–Trinajstić information content (AvgIpc) is 2.76. The summed E-state index contributed by atoms with van der Waals surface area (Å²) in [4.78, 5) is 14.1. The van der Waals surface area contributed by atoms with Crippen molar-refractivity contribution >= 4 is 44.8 Å². The molecule has 1 fully saturated rings. The molecule has 0 amide bonds. The maximum absolute atomic E-state index is 10.8. The fourth-order valence-corrected chi connectivity index (χ4v) is 3.70. The second kappa shape index (κ2) is 5.04. The maximum atomic E-state index is 10.8. The maximum Gasteiger partial charge on any atom is 0.307 e. The first-order valence-electron chi connectivity index (χ1n) is 4.95. The summed E-state index contributed by atoms with van der Waals surface area (Å²) >= 11 is 10.9. The molecule has 16 heavy (non-hydrogen) atoms. The quantitative estimate of drug-likeness (QED) is 0.929. The van der Waals surface area contributed by atoms with Crippen LogP contribution in [0.4, 0.5) is 0 Å². The van der Waals surface area contributed by atoms with Crippen molar-refractivity contribution in [2.24, 2.45) is 5.92 Å². The molecule has 1 N–H and O–H groups in total. The number of carbonyl (C=O) groups is 1. The van der Waals surface area contributed by atoms with E-state index in [4.69, 9.17) is 16.7 Å². The summed E-state index contributed by atoms with van der Waals surface area (Å²) in [7, 11) is 0. The lowest BCUT2D eigenvalue weighted by atomic mass is 10.1. The zero-order valence-corrected chi connectivity index (χ0v) is 11.6. The summed E-state index contributed by atoms with van der Waals surface area (Å²) in [6, 6.07) is 2.00. The van der Waals surface area contributed by atoms with Crippen molar-refractivity contribution in [1.82, 2.24) is 4.90 Å². The van der Waals surface area contributed by atoms with Crippen molar-refractivity contribution in [2.45, 2.75) is 13.0 Å². The number of hydrogen-bond acceptors (Lipinski definition) is 3. The third-order valence-corrected chi connectivity index (χ3v) is 5.16. The van der Waals surface area contributed by atoms with Gasteiger partial charge >= 0.3 is 5.97 Å². The Morgan fingerprint density at radius 1 is 1.75 bits per heavy atom. The zero-order valence-electron chi connectivity index (χ0n) is 8.45. The van der Waals surface area contributed by atoms with E-state index < -0.39 is 5.97 Å². The Balaban J connectivity index is 1.94. The molecule has 88 valence electrons. The van der Waals surface area contributed by atoms with E-state index in [0.29, 0.717) is 6.54 Å². The van der Waals surface area contributed by atoms with E-state index >= 15 is 0 Å². The van der Waals surface area contributed by atoms with Gasteiger partial charge in [-0.05, 0) is 35.0 Å². The van der Waals surface area contributed by atoms with Gasteiger partial charge in [-0.2, -0.15) is 0 Å². The molecule has 1 aliphatic heterocycles. The number of thiophene rings is 1. The van der Waals surface area contributed by atoms with Crippen LogP contribution in [-0.4, -0.2) is 29.1 Å². The van der Waals surface area contributed by atoms with E-state index in [1.54, 1.807) is 11.3 Å². The number of halogens is 2. The van der Waals surface area contributed by atoms with Crippen LogP contribution in [0.1, 0.15) is 11.3 Å². The lowest BCUT2D eigenvalue weighted by Gasteiger charge is -2.13. The Bertz CT molecular complexity index is 390. The first-order chi connectivity index (χ1) is 7.56. The number of likely N-dealkylation sites (tertiary alicyclic amines) is 1. The van der Waals surface area contributed by atoms with Gasteiger partial charge in [-0.15, -0.1) is 11.3 Å². The molecule has 1 aromatic rings. The van der Waals surface area contributed by atoms with E-state index in [0.717, 1.165) is 28.3 Å². The molecule has 1 unspecified atom stereocenters. The number of carboxylic acid groups (broad SMARTS) is 1. The Hall–Kier alpha value is -0.100. The summed E-state index contributed by atoms with van der Waals surface area (Å²) in [5.41, 5.74) is 0. The van der Waals surface area contributed by atoms with Gasteiger partial charge in [-0.25, -0.2) is 0 Å². The minimum absolute atomic E-state index is 0.209. The summed E-state index contributed by atoms with van der Waals surface area (Å²) in [6.07, 6.45) is 0.746. The number of nitrogens with zero attached hydrogens (tertiary/aromatic N) is 1. The smallest absolute Gasteiger partial charge is 0.307 e.